The number of terminal acetylenes is 1. The number of nitrogens with one attached hydrogen (secondary N) is 9. The van der Waals surface area contributed by atoms with Crippen LogP contribution >= 0.6 is 11.6 Å². The van der Waals surface area contributed by atoms with Gasteiger partial charge in [-0.2, -0.15) is 0 Å². The van der Waals surface area contributed by atoms with Crippen molar-refractivity contribution in [2.24, 2.45) is 17.4 Å². The Kier molecular flexibility index (Phi) is 26.4. The van der Waals surface area contributed by atoms with E-state index in [4.69, 9.17) is 57.9 Å². The maximum absolute atomic E-state index is 16.2. The molecular formula is C79H88ClN11O24. The molecule has 9 amide bonds. The number of carbonyl (C=O) groups excluding carboxylic acids is 9. The summed E-state index contributed by atoms with van der Waals surface area (Å²) in [6.07, 6.45) is -10.2. The molecule has 610 valence electrons. The van der Waals surface area contributed by atoms with Crippen LogP contribution in [-0.2, 0) is 57.4 Å². The standard InChI is InChI=1S/C79H88ClN11O24/c1-7-36-8-10-37(11-9-36)12-21-56(97)84-22-23-85-73(105)61-45-29-42(93)30-50(95)58(45)44-25-39(15-19-49(44)94)59-74(106)91-63(77(109)89-61)65(99)40-16-20-51(46(80)26-40)112-53-28-41-27-52(68(53)115-78-69(67(101)66(100)54(33-92)113-78)114-57-32-79(5,82)70(102)35(4)110-57)111-43-17-13-38(14-18-43)64(98)62(90-71(103)47(83-6)24-34(2)3)76(108)86-48(31-55(81)96)72(104)87-60(41)75(107)88-59/h1,8-21,25-30,34-35,47-48,54,57,59-67,69-70,78,83,92-95,98-102H,22-24,31-33,82H2,2-6H3,(H2,81,96)(H,84,97)(H,85,105)(H,86,108)(H,87,104)(H,88,107)(H,89,109)(H,90,103)(H,91,106)/b21-12+/t35-,47?,48-,54+,57?,59+,60?,61?,62+,63-,64+,65+,66+,67?,69+,70+,78-,79-/m0/s1. The Morgan fingerprint density at radius 2 is 1.39 bits per heavy atom. The van der Waals surface area contributed by atoms with Crippen molar-refractivity contribution in [1.82, 2.24) is 47.9 Å². The number of amides is 9. The SMILES string of the molecule is C#Cc1ccc(/C=C/C(=O)NCCNC(=O)C2NC(=O)[C@H]3NC(=O)[C@H](NC(=O)C4NC(=O)[C@H](CC(N)=O)NC(=O)[C@H](NC(=O)C(CC(C)C)NC)[C@H](O)c5ccc(cc5)Oc5cc4cc(c5O[C@@H]4O[C@H](CO)[C@@H](O)C(O)[C@H]4OC4C[C@](C)(N)[C@H](O)[C@H](C)O4)Oc4ccc(cc4Cl)[C@H]3O)c3ccc(O)c(c3)-c3c(O)cc(O)cc32)cc1. The van der Waals surface area contributed by atoms with Gasteiger partial charge in [0.1, 0.15) is 95.5 Å². The number of aliphatic hydroxyl groups is 6. The molecule has 0 aliphatic carbocycles. The highest BCUT2D eigenvalue weighted by atomic mass is 35.5. The maximum atomic E-state index is 16.2. The summed E-state index contributed by atoms with van der Waals surface area (Å²) in [6.45, 7) is 5.13. The number of hydrogen-bond donors (Lipinski definition) is 20. The van der Waals surface area contributed by atoms with Gasteiger partial charge in [0, 0.05) is 53.9 Å². The molecule has 0 radical (unpaired) electrons. The minimum Gasteiger partial charge on any atom is -0.508 e. The van der Waals surface area contributed by atoms with Crippen LogP contribution in [0.2, 0.25) is 5.02 Å². The van der Waals surface area contributed by atoms with Gasteiger partial charge in [0.15, 0.2) is 23.9 Å². The summed E-state index contributed by atoms with van der Waals surface area (Å²) in [5.74, 6) is -12.7. The van der Waals surface area contributed by atoms with E-state index in [0.29, 0.717) is 11.1 Å². The second-order valence-electron chi connectivity index (χ2n) is 28.9. The number of phenols is 3. The number of phenolic OH excluding ortho intramolecular Hbond substituents is 3. The minimum atomic E-state index is -2.33. The first kappa shape index (κ1) is 84.4. The number of nitrogens with two attached hydrogens (primary N) is 2. The number of aliphatic hydroxyl groups excluding tert-OH is 6. The Bertz CT molecular complexity index is 4770. The molecule has 2 saturated heterocycles. The van der Waals surface area contributed by atoms with Crippen molar-refractivity contribution in [2.45, 2.75) is 156 Å². The third-order valence-corrected chi connectivity index (χ3v) is 20.2. The van der Waals surface area contributed by atoms with Crippen LogP contribution < -0.4 is 73.5 Å². The first-order valence-electron chi connectivity index (χ1n) is 36.5. The van der Waals surface area contributed by atoms with E-state index in [-0.39, 0.29) is 60.0 Å². The van der Waals surface area contributed by atoms with E-state index >= 15 is 19.2 Å². The van der Waals surface area contributed by atoms with Gasteiger partial charge >= 0.3 is 0 Å². The van der Waals surface area contributed by atoms with Crippen molar-refractivity contribution >= 4 is 70.8 Å². The molecule has 0 spiro atoms. The van der Waals surface area contributed by atoms with Crippen LogP contribution in [0.15, 0.2) is 115 Å². The Morgan fingerprint density at radius 3 is 2.05 bits per heavy atom. The lowest BCUT2D eigenvalue weighted by Gasteiger charge is -2.47. The molecule has 36 heteroatoms. The predicted molar refractivity (Wildman–Crippen MR) is 406 cm³/mol. The average Bonchev–Trinajstić information content (AvgIpc) is 0.759. The Hall–Kier alpha value is -11.5. The van der Waals surface area contributed by atoms with Gasteiger partial charge in [-0.05, 0) is 139 Å². The van der Waals surface area contributed by atoms with E-state index in [0.717, 1.165) is 54.6 Å². The highest BCUT2D eigenvalue weighted by molar-refractivity contribution is 6.32. The van der Waals surface area contributed by atoms with Gasteiger partial charge in [0.25, 0.3) is 0 Å². The van der Waals surface area contributed by atoms with Crippen LogP contribution in [0.3, 0.4) is 0 Å². The molecule has 115 heavy (non-hydrogen) atoms. The van der Waals surface area contributed by atoms with Crippen LogP contribution in [-0.4, -0.2) is 205 Å². The predicted octanol–water partition coefficient (Wildman–Crippen LogP) is 0.295. The lowest BCUT2D eigenvalue weighted by Crippen LogP contribution is -2.64. The zero-order valence-electron chi connectivity index (χ0n) is 62.4. The lowest BCUT2D eigenvalue weighted by atomic mass is 9.86. The summed E-state index contributed by atoms with van der Waals surface area (Å²) in [7, 11) is 1.49. The quantitative estimate of drug-likeness (QED) is 0.0312. The van der Waals surface area contributed by atoms with Crippen molar-refractivity contribution in [3.63, 3.8) is 0 Å². The molecule has 6 aromatic rings. The Balaban J connectivity index is 1.09. The number of halogens is 1. The second-order valence-corrected chi connectivity index (χ2v) is 29.3. The molecule has 13 rings (SSSR count). The van der Waals surface area contributed by atoms with Gasteiger partial charge in [0.2, 0.25) is 65.2 Å². The normalized spacial score (nSPS) is 27.2. The third-order valence-electron chi connectivity index (χ3n) is 19.9. The van der Waals surface area contributed by atoms with Crippen molar-refractivity contribution in [3.05, 3.63) is 159 Å². The van der Waals surface area contributed by atoms with E-state index in [1.807, 2.05) is 13.8 Å². The van der Waals surface area contributed by atoms with Crippen LogP contribution in [0.4, 0.5) is 0 Å². The number of likely N-dealkylation sites (N-methyl/N-ethyl adjacent to an activating group) is 1. The topological polar surface area (TPSA) is 551 Å². The Labute approximate surface area is 662 Å². The summed E-state index contributed by atoms with van der Waals surface area (Å²) >= 11 is 7.16. The highest BCUT2D eigenvalue weighted by Crippen LogP contribution is 2.49. The number of fused-ring (bicyclic) bond motifs is 15. The number of ether oxygens (including phenoxy) is 6. The number of aromatic hydroxyl groups is 3. The van der Waals surface area contributed by atoms with E-state index in [1.165, 1.54) is 63.4 Å². The monoisotopic (exact) mass is 1610 g/mol. The second kappa shape index (κ2) is 35.9. The van der Waals surface area contributed by atoms with Gasteiger partial charge in [-0.25, -0.2) is 0 Å². The number of hydrogen-bond acceptors (Lipinski definition) is 26. The van der Waals surface area contributed by atoms with Gasteiger partial charge in [0.05, 0.1) is 36.3 Å². The van der Waals surface area contributed by atoms with Gasteiger partial charge in [-0.1, -0.05) is 67.8 Å². The molecule has 0 aromatic heterocycles. The summed E-state index contributed by atoms with van der Waals surface area (Å²) in [6, 6.07) is 8.38. The molecule has 6 aromatic carbocycles. The van der Waals surface area contributed by atoms with Gasteiger partial charge in [-0.3, -0.25) is 43.2 Å². The summed E-state index contributed by atoms with van der Waals surface area (Å²) in [4.78, 5) is 133. The van der Waals surface area contributed by atoms with Gasteiger partial charge in [-0.15, -0.1) is 6.42 Å². The number of benzene rings is 6. The van der Waals surface area contributed by atoms with Crippen LogP contribution in [0.1, 0.15) is 116 Å². The largest absolute Gasteiger partial charge is 0.508 e. The fourth-order valence-corrected chi connectivity index (χ4v) is 14.1. The third kappa shape index (κ3) is 19.3. The zero-order chi connectivity index (χ0) is 83.2. The minimum absolute atomic E-state index is 0.0530. The fourth-order valence-electron chi connectivity index (χ4n) is 13.9. The molecule has 7 aliphatic heterocycles. The van der Waals surface area contributed by atoms with Crippen LogP contribution in [0.5, 0.6) is 46.0 Å². The lowest BCUT2D eigenvalue weighted by molar-refractivity contribution is -0.333. The smallest absolute Gasteiger partial charge is 0.248 e. The highest BCUT2D eigenvalue weighted by Gasteiger charge is 2.52. The Morgan fingerprint density at radius 1 is 0.730 bits per heavy atom. The summed E-state index contributed by atoms with van der Waals surface area (Å²) in [5, 5.41) is 128. The zero-order valence-corrected chi connectivity index (χ0v) is 63.2. The molecule has 0 saturated carbocycles. The summed E-state index contributed by atoms with van der Waals surface area (Å²) in [5.41, 5.74) is 9.74. The van der Waals surface area contributed by atoms with Crippen molar-refractivity contribution in [3.8, 4) is 69.5 Å². The molecule has 22 N–H and O–H groups in total. The molecular weight excluding hydrogens is 1520 g/mol. The molecule has 7 heterocycles. The van der Waals surface area contributed by atoms with E-state index in [2.05, 4.69) is 53.8 Å². The molecule has 11 bridgehead atoms. The molecule has 2 fully saturated rings. The first-order valence-corrected chi connectivity index (χ1v) is 36.9. The molecule has 5 unspecified atom stereocenters. The van der Waals surface area contributed by atoms with Crippen LogP contribution in [0, 0.1) is 18.3 Å². The van der Waals surface area contributed by atoms with Crippen molar-refractivity contribution < 1.29 is 118 Å². The fraction of sp³-hybridized carbons (Fsp3) is 0.380. The first-order chi connectivity index (χ1) is 54.6. The van der Waals surface area contributed by atoms with Gasteiger partial charge < -0.3 is 134 Å². The summed E-state index contributed by atoms with van der Waals surface area (Å²) < 4.78 is 38.6. The van der Waals surface area contributed by atoms with Crippen molar-refractivity contribution in [1.29, 1.82) is 0 Å². The average molecular weight is 1610 g/mol. The van der Waals surface area contributed by atoms with Crippen molar-refractivity contribution in [2.75, 3.05) is 26.7 Å². The van der Waals surface area contributed by atoms with E-state index < -0.39 is 237 Å². The number of carbonyl (C=O) groups is 9. The molecule has 18 atom stereocenters. The number of rotatable bonds is 18. The molecule has 7 aliphatic rings. The van der Waals surface area contributed by atoms with E-state index in [1.54, 1.807) is 24.3 Å². The van der Waals surface area contributed by atoms with Crippen LogP contribution in [0.25, 0.3) is 17.2 Å². The maximum Gasteiger partial charge on any atom is 0.248 e. The molecule has 35 nitrogen and oxygen atoms in total. The number of primary amides is 1. The van der Waals surface area contributed by atoms with E-state index in [9.17, 15) is 69.9 Å².